The van der Waals surface area contributed by atoms with Gasteiger partial charge in [-0.3, -0.25) is 9.59 Å². The van der Waals surface area contributed by atoms with E-state index in [-0.39, 0.29) is 12.4 Å². The largest absolute Gasteiger partial charge is 0.447 e. The molecule has 0 fully saturated rings. The minimum Gasteiger partial charge on any atom is -0.447 e. The molecule has 0 spiro atoms. The molecule has 0 aromatic carbocycles. The van der Waals surface area contributed by atoms with Crippen LogP contribution in [0, 0.1) is 0 Å². The van der Waals surface area contributed by atoms with Gasteiger partial charge in [0.05, 0.1) is 0 Å². The summed E-state index contributed by atoms with van der Waals surface area (Å²) in [4.78, 5) is 22.8. The smallest absolute Gasteiger partial charge is 0.303 e. The average Bonchev–Trinajstić information content (AvgIpc) is 2.22. The van der Waals surface area contributed by atoms with Crippen LogP contribution in [0.15, 0.2) is 24.3 Å². The highest BCUT2D eigenvalue weighted by atomic mass is 16.6. The Morgan fingerprint density at radius 3 is 2.75 bits per heavy atom. The van der Waals surface area contributed by atoms with E-state index in [1.54, 1.807) is 18.2 Å². The third kappa shape index (κ3) is 3.03. The average molecular weight is 224 g/mol. The predicted molar refractivity (Wildman–Crippen MR) is 58.7 cm³/mol. The molecule has 0 radical (unpaired) electrons. The van der Waals surface area contributed by atoms with Crippen molar-refractivity contribution in [2.24, 2.45) is 0 Å². The first-order chi connectivity index (χ1) is 7.60. The van der Waals surface area contributed by atoms with Crippen LogP contribution in [0.25, 0.3) is 0 Å². The summed E-state index contributed by atoms with van der Waals surface area (Å²) in [6.45, 7) is 1.36. The molecule has 1 N–H and O–H groups in total. The maximum absolute atomic E-state index is 11.8. The number of unbranched alkanes of at least 4 members (excludes halogenated alkanes) is 1. The fourth-order valence-electron chi connectivity index (χ4n) is 1.67. The lowest BCUT2D eigenvalue weighted by Crippen LogP contribution is -2.41. The Morgan fingerprint density at radius 1 is 1.44 bits per heavy atom. The molecule has 0 saturated heterocycles. The Balaban J connectivity index is 2.76. The van der Waals surface area contributed by atoms with E-state index in [0.717, 1.165) is 0 Å². The van der Waals surface area contributed by atoms with Crippen LogP contribution in [-0.4, -0.2) is 29.1 Å². The first-order valence-corrected chi connectivity index (χ1v) is 5.31. The van der Waals surface area contributed by atoms with Crippen LogP contribution < -0.4 is 0 Å². The minimum absolute atomic E-state index is 0.0733. The van der Waals surface area contributed by atoms with Gasteiger partial charge in [0.1, 0.15) is 0 Å². The van der Waals surface area contributed by atoms with E-state index < -0.39 is 11.6 Å². The highest BCUT2D eigenvalue weighted by Gasteiger charge is 2.37. The SMILES string of the molecule is CC(=O)OC1(CCCCO)C=CC=CC1=O. The third-order valence-corrected chi connectivity index (χ3v) is 2.42. The number of aliphatic hydroxyl groups excluding tert-OH is 1. The Kier molecular flexibility index (Phi) is 4.43. The first kappa shape index (κ1) is 12.6. The number of carbonyl (C=O) groups excluding carboxylic acids is 2. The van der Waals surface area contributed by atoms with Crippen molar-refractivity contribution >= 4 is 11.8 Å². The zero-order valence-electron chi connectivity index (χ0n) is 9.31. The van der Waals surface area contributed by atoms with Gasteiger partial charge in [-0.1, -0.05) is 12.2 Å². The molecule has 0 saturated carbocycles. The molecule has 0 amide bonds. The number of esters is 1. The summed E-state index contributed by atoms with van der Waals surface area (Å²) >= 11 is 0. The van der Waals surface area contributed by atoms with E-state index >= 15 is 0 Å². The Labute approximate surface area is 94.6 Å². The monoisotopic (exact) mass is 224 g/mol. The quantitative estimate of drug-likeness (QED) is 0.562. The van der Waals surface area contributed by atoms with Crippen molar-refractivity contribution in [2.45, 2.75) is 31.8 Å². The van der Waals surface area contributed by atoms with Gasteiger partial charge < -0.3 is 9.84 Å². The number of rotatable bonds is 5. The number of hydrogen-bond donors (Lipinski definition) is 1. The topological polar surface area (TPSA) is 63.6 Å². The molecular weight excluding hydrogens is 208 g/mol. The zero-order valence-corrected chi connectivity index (χ0v) is 9.31. The van der Waals surface area contributed by atoms with Crippen LogP contribution >= 0.6 is 0 Å². The van der Waals surface area contributed by atoms with Crippen molar-refractivity contribution < 1.29 is 19.4 Å². The summed E-state index contributed by atoms with van der Waals surface area (Å²) in [5.41, 5.74) is -1.16. The number of allylic oxidation sites excluding steroid dienone is 2. The van der Waals surface area contributed by atoms with Crippen LogP contribution in [-0.2, 0) is 14.3 Å². The van der Waals surface area contributed by atoms with E-state index in [1.807, 2.05) is 0 Å². The van der Waals surface area contributed by atoms with Gasteiger partial charge in [0.25, 0.3) is 0 Å². The summed E-state index contributed by atoms with van der Waals surface area (Å²) in [5.74, 6) is -0.694. The predicted octanol–water partition coefficient (Wildman–Crippen LogP) is 1.15. The van der Waals surface area contributed by atoms with E-state index in [0.29, 0.717) is 19.3 Å². The maximum Gasteiger partial charge on any atom is 0.303 e. The van der Waals surface area contributed by atoms with Gasteiger partial charge >= 0.3 is 5.97 Å². The van der Waals surface area contributed by atoms with Crippen LogP contribution in [0.4, 0.5) is 0 Å². The van der Waals surface area contributed by atoms with E-state index in [9.17, 15) is 9.59 Å². The highest BCUT2D eigenvalue weighted by Crippen LogP contribution is 2.26. The summed E-state index contributed by atoms with van der Waals surface area (Å²) in [6.07, 6.45) is 7.96. The molecule has 0 bridgehead atoms. The minimum atomic E-state index is -1.16. The molecule has 4 nitrogen and oxygen atoms in total. The molecule has 0 aromatic rings. The van der Waals surface area contributed by atoms with Crippen LogP contribution in [0.5, 0.6) is 0 Å². The second kappa shape index (κ2) is 5.61. The summed E-state index contributed by atoms with van der Waals surface area (Å²) in [7, 11) is 0. The van der Waals surface area contributed by atoms with Gasteiger partial charge in [-0.2, -0.15) is 0 Å². The third-order valence-electron chi connectivity index (χ3n) is 2.42. The number of aliphatic hydroxyl groups is 1. The summed E-state index contributed by atoms with van der Waals surface area (Å²) in [6, 6.07) is 0. The molecular formula is C12H16O4. The highest BCUT2D eigenvalue weighted by molar-refractivity contribution is 6.01. The first-order valence-electron chi connectivity index (χ1n) is 5.31. The van der Waals surface area contributed by atoms with Gasteiger partial charge in [-0.15, -0.1) is 0 Å². The normalized spacial score (nSPS) is 23.5. The van der Waals surface area contributed by atoms with Crippen molar-refractivity contribution in [1.82, 2.24) is 0 Å². The van der Waals surface area contributed by atoms with Crippen LogP contribution in [0.1, 0.15) is 26.2 Å². The van der Waals surface area contributed by atoms with Crippen molar-refractivity contribution in [2.75, 3.05) is 6.61 Å². The molecule has 1 rings (SSSR count). The van der Waals surface area contributed by atoms with Crippen molar-refractivity contribution in [3.63, 3.8) is 0 Å². The number of ether oxygens (including phenoxy) is 1. The fourth-order valence-corrected chi connectivity index (χ4v) is 1.67. The molecule has 1 aliphatic rings. The van der Waals surface area contributed by atoms with E-state index in [4.69, 9.17) is 9.84 Å². The van der Waals surface area contributed by atoms with Crippen molar-refractivity contribution in [1.29, 1.82) is 0 Å². The van der Waals surface area contributed by atoms with Crippen LogP contribution in [0.3, 0.4) is 0 Å². The molecule has 0 aromatic heterocycles. The number of carbonyl (C=O) groups is 2. The number of ketones is 1. The molecule has 4 heteroatoms. The number of hydrogen-bond acceptors (Lipinski definition) is 4. The van der Waals surface area contributed by atoms with Gasteiger partial charge in [-0.05, 0) is 31.4 Å². The second-order valence-corrected chi connectivity index (χ2v) is 3.75. The van der Waals surface area contributed by atoms with Gasteiger partial charge in [0.15, 0.2) is 5.60 Å². The lowest BCUT2D eigenvalue weighted by atomic mass is 9.88. The Bertz CT molecular complexity index is 330. The van der Waals surface area contributed by atoms with Gasteiger partial charge in [0, 0.05) is 13.5 Å². The van der Waals surface area contributed by atoms with Gasteiger partial charge in [0.2, 0.25) is 5.78 Å². The fraction of sp³-hybridized carbons (Fsp3) is 0.500. The molecule has 1 aliphatic carbocycles. The van der Waals surface area contributed by atoms with E-state index in [2.05, 4.69) is 0 Å². The molecule has 1 atom stereocenters. The maximum atomic E-state index is 11.8. The van der Waals surface area contributed by atoms with E-state index in [1.165, 1.54) is 13.0 Å². The Hall–Kier alpha value is -1.42. The molecule has 16 heavy (non-hydrogen) atoms. The van der Waals surface area contributed by atoms with Crippen molar-refractivity contribution in [3.05, 3.63) is 24.3 Å². The Morgan fingerprint density at radius 2 is 2.19 bits per heavy atom. The lowest BCUT2D eigenvalue weighted by molar-refractivity contribution is -0.159. The van der Waals surface area contributed by atoms with Crippen LogP contribution in [0.2, 0.25) is 0 Å². The molecule has 0 heterocycles. The molecule has 88 valence electrons. The summed E-state index contributed by atoms with van der Waals surface area (Å²) < 4.78 is 5.13. The molecule has 1 unspecified atom stereocenters. The zero-order chi connectivity index (χ0) is 12.0. The molecule has 0 aliphatic heterocycles. The standard InChI is InChI=1S/C12H16O4/c1-10(14)16-12(8-4-5-9-13)7-3-2-6-11(12)15/h2-3,6-7,13H,4-5,8-9H2,1H3. The summed E-state index contributed by atoms with van der Waals surface area (Å²) in [5, 5.41) is 8.70. The lowest BCUT2D eigenvalue weighted by Gasteiger charge is -2.28. The second-order valence-electron chi connectivity index (χ2n) is 3.75. The van der Waals surface area contributed by atoms with Gasteiger partial charge in [-0.25, -0.2) is 0 Å². The van der Waals surface area contributed by atoms with Crippen molar-refractivity contribution in [3.8, 4) is 0 Å².